The topological polar surface area (TPSA) is 67.6 Å². The largest absolute Gasteiger partial charge is 0.396 e. The van der Waals surface area contributed by atoms with Gasteiger partial charge in [0, 0.05) is 37.8 Å². The Morgan fingerprint density at radius 1 is 1.11 bits per heavy atom. The molecule has 1 N–H and O–H groups in total. The molecule has 6 heteroatoms. The van der Waals surface area contributed by atoms with Crippen LogP contribution in [0.1, 0.15) is 44.1 Å². The van der Waals surface area contributed by atoms with E-state index >= 15 is 0 Å². The molecule has 1 aromatic rings. The Labute approximate surface area is 172 Å². The number of aliphatic hydroxyl groups is 1. The second kappa shape index (κ2) is 9.95. The maximum Gasteiger partial charge on any atom is 0.320 e. The SMILES string of the molecule is N#CC(=C1CCN(C(=O)N2CCC(CCCO)CC2)CC1)c1ccc(Cl)cc1. The Morgan fingerprint density at radius 2 is 1.71 bits per heavy atom. The second-order valence-corrected chi connectivity index (χ2v) is 8.10. The number of carbonyl (C=O) groups excluding carboxylic acids is 1. The molecule has 1 aromatic carbocycles. The van der Waals surface area contributed by atoms with Gasteiger partial charge in [0.1, 0.15) is 0 Å². The molecule has 2 aliphatic rings. The summed E-state index contributed by atoms with van der Waals surface area (Å²) >= 11 is 5.95. The van der Waals surface area contributed by atoms with Crippen LogP contribution in [0.2, 0.25) is 5.02 Å². The van der Waals surface area contributed by atoms with Crippen molar-refractivity contribution in [2.24, 2.45) is 5.92 Å². The number of amides is 2. The van der Waals surface area contributed by atoms with Crippen molar-refractivity contribution in [1.82, 2.24) is 9.80 Å². The first-order chi connectivity index (χ1) is 13.6. The number of hydrogen-bond acceptors (Lipinski definition) is 3. The van der Waals surface area contributed by atoms with E-state index in [2.05, 4.69) is 6.07 Å². The molecule has 2 fully saturated rings. The average molecular weight is 402 g/mol. The van der Waals surface area contributed by atoms with Crippen molar-refractivity contribution in [2.75, 3.05) is 32.8 Å². The maximum absolute atomic E-state index is 12.8. The summed E-state index contributed by atoms with van der Waals surface area (Å²) in [5, 5.41) is 19.2. The summed E-state index contributed by atoms with van der Waals surface area (Å²) in [5.74, 6) is 0.629. The lowest BCUT2D eigenvalue weighted by atomic mass is 9.92. The van der Waals surface area contributed by atoms with Crippen molar-refractivity contribution in [2.45, 2.75) is 38.5 Å². The van der Waals surface area contributed by atoms with Crippen molar-refractivity contribution >= 4 is 23.2 Å². The number of aliphatic hydroxyl groups excluding tert-OH is 1. The minimum absolute atomic E-state index is 0.129. The van der Waals surface area contributed by atoms with Crippen molar-refractivity contribution in [1.29, 1.82) is 5.26 Å². The number of carbonyl (C=O) groups is 1. The van der Waals surface area contributed by atoms with E-state index in [1.165, 1.54) is 0 Å². The number of nitriles is 1. The van der Waals surface area contributed by atoms with Gasteiger partial charge in [-0.05, 0) is 67.7 Å². The molecule has 0 aromatic heterocycles. The predicted molar refractivity (Wildman–Crippen MR) is 111 cm³/mol. The van der Waals surface area contributed by atoms with E-state index in [1.807, 2.05) is 21.9 Å². The van der Waals surface area contributed by atoms with Gasteiger partial charge in [-0.2, -0.15) is 5.26 Å². The maximum atomic E-state index is 12.8. The van der Waals surface area contributed by atoms with Crippen LogP contribution in [0.4, 0.5) is 4.79 Å². The third-order valence-corrected chi connectivity index (χ3v) is 6.14. The van der Waals surface area contributed by atoms with Crippen LogP contribution in [0.25, 0.3) is 5.57 Å². The van der Waals surface area contributed by atoms with Crippen LogP contribution < -0.4 is 0 Å². The molecule has 0 radical (unpaired) electrons. The summed E-state index contributed by atoms with van der Waals surface area (Å²) in [5.41, 5.74) is 2.73. The fourth-order valence-corrected chi connectivity index (χ4v) is 4.30. The van der Waals surface area contributed by atoms with Crippen molar-refractivity contribution < 1.29 is 9.90 Å². The van der Waals surface area contributed by atoms with Crippen LogP contribution >= 0.6 is 11.6 Å². The van der Waals surface area contributed by atoms with Crippen LogP contribution in [-0.2, 0) is 0 Å². The molecule has 0 aliphatic carbocycles. The Bertz CT molecular complexity index is 736. The van der Waals surface area contributed by atoms with E-state index in [1.54, 1.807) is 12.1 Å². The number of piperidine rings is 2. The molecule has 2 saturated heterocycles. The molecule has 150 valence electrons. The first kappa shape index (κ1) is 20.7. The Morgan fingerprint density at radius 3 is 2.29 bits per heavy atom. The second-order valence-electron chi connectivity index (χ2n) is 7.66. The number of benzene rings is 1. The average Bonchev–Trinajstić information content (AvgIpc) is 2.74. The molecule has 5 nitrogen and oxygen atoms in total. The molecule has 2 aliphatic heterocycles. The van der Waals surface area contributed by atoms with E-state index in [-0.39, 0.29) is 12.6 Å². The minimum atomic E-state index is 0.129. The fraction of sp³-hybridized carbons (Fsp3) is 0.545. The lowest BCUT2D eigenvalue weighted by Gasteiger charge is -2.37. The zero-order valence-corrected chi connectivity index (χ0v) is 17.0. The molecular formula is C22H28ClN3O2. The van der Waals surface area contributed by atoms with Gasteiger partial charge >= 0.3 is 6.03 Å². The zero-order valence-electron chi connectivity index (χ0n) is 16.2. The van der Waals surface area contributed by atoms with Gasteiger partial charge in [0.2, 0.25) is 0 Å². The molecule has 0 atom stereocenters. The minimum Gasteiger partial charge on any atom is -0.396 e. The summed E-state index contributed by atoms with van der Waals surface area (Å²) < 4.78 is 0. The van der Waals surface area contributed by atoms with E-state index < -0.39 is 0 Å². The number of nitrogens with zero attached hydrogens (tertiary/aromatic N) is 3. The number of rotatable bonds is 4. The first-order valence-corrected chi connectivity index (χ1v) is 10.5. The molecule has 0 unspecified atom stereocenters. The molecule has 3 rings (SSSR count). The van der Waals surface area contributed by atoms with Gasteiger partial charge in [-0.1, -0.05) is 23.7 Å². The van der Waals surface area contributed by atoms with Crippen LogP contribution in [0.3, 0.4) is 0 Å². The van der Waals surface area contributed by atoms with Crippen molar-refractivity contribution in [3.63, 3.8) is 0 Å². The highest BCUT2D eigenvalue weighted by molar-refractivity contribution is 6.30. The molecule has 0 spiro atoms. The van der Waals surface area contributed by atoms with Gasteiger partial charge in [-0.15, -0.1) is 0 Å². The molecule has 2 heterocycles. The molecular weight excluding hydrogens is 374 g/mol. The van der Waals surface area contributed by atoms with Gasteiger partial charge < -0.3 is 14.9 Å². The molecule has 28 heavy (non-hydrogen) atoms. The highest BCUT2D eigenvalue weighted by atomic mass is 35.5. The predicted octanol–water partition coefficient (Wildman–Crippen LogP) is 4.32. The lowest BCUT2D eigenvalue weighted by molar-refractivity contribution is 0.126. The molecule has 0 saturated carbocycles. The number of urea groups is 1. The lowest BCUT2D eigenvalue weighted by Crippen LogP contribution is -2.48. The highest BCUT2D eigenvalue weighted by Gasteiger charge is 2.28. The summed E-state index contributed by atoms with van der Waals surface area (Å²) in [6, 6.07) is 9.84. The van der Waals surface area contributed by atoms with E-state index in [0.717, 1.165) is 62.8 Å². The van der Waals surface area contributed by atoms with Crippen LogP contribution in [0.5, 0.6) is 0 Å². The number of likely N-dealkylation sites (tertiary alicyclic amines) is 2. The monoisotopic (exact) mass is 401 g/mol. The number of hydrogen-bond donors (Lipinski definition) is 1. The van der Waals surface area contributed by atoms with Crippen LogP contribution in [0.15, 0.2) is 29.8 Å². The third-order valence-electron chi connectivity index (χ3n) is 5.89. The van der Waals surface area contributed by atoms with E-state index in [4.69, 9.17) is 16.7 Å². The van der Waals surface area contributed by atoms with Crippen molar-refractivity contribution in [3.8, 4) is 6.07 Å². The fourth-order valence-electron chi connectivity index (χ4n) is 4.18. The standard InChI is InChI=1S/C22H28ClN3O2/c23-20-5-3-18(4-6-20)21(16-24)19-9-13-26(14-10-19)22(28)25-11-7-17(8-12-25)2-1-15-27/h3-6,17,27H,1-2,7-15H2. The highest BCUT2D eigenvalue weighted by Crippen LogP contribution is 2.28. The van der Waals surface area contributed by atoms with Crippen LogP contribution in [-0.4, -0.2) is 53.7 Å². The van der Waals surface area contributed by atoms with Gasteiger partial charge in [-0.3, -0.25) is 0 Å². The Kier molecular flexibility index (Phi) is 7.36. The van der Waals surface area contributed by atoms with E-state index in [9.17, 15) is 10.1 Å². The number of halogens is 1. The molecule has 0 bridgehead atoms. The molecule has 2 amide bonds. The third kappa shape index (κ3) is 5.06. The van der Waals surface area contributed by atoms with Gasteiger partial charge in [0.15, 0.2) is 0 Å². The first-order valence-electron chi connectivity index (χ1n) is 10.1. The van der Waals surface area contributed by atoms with E-state index in [0.29, 0.717) is 29.6 Å². The normalized spacial score (nSPS) is 18.1. The number of allylic oxidation sites excluding steroid dienone is 1. The Hall–Kier alpha value is -2.03. The van der Waals surface area contributed by atoms with Crippen molar-refractivity contribution in [3.05, 3.63) is 40.4 Å². The van der Waals surface area contributed by atoms with Crippen LogP contribution in [0, 0.1) is 17.2 Å². The smallest absolute Gasteiger partial charge is 0.320 e. The van der Waals surface area contributed by atoms with Gasteiger partial charge in [0.05, 0.1) is 11.6 Å². The Balaban J connectivity index is 1.55. The van der Waals surface area contributed by atoms with Gasteiger partial charge in [0.25, 0.3) is 0 Å². The summed E-state index contributed by atoms with van der Waals surface area (Å²) in [6.07, 6.45) is 5.45. The summed E-state index contributed by atoms with van der Waals surface area (Å²) in [7, 11) is 0. The zero-order chi connectivity index (χ0) is 19.9. The summed E-state index contributed by atoms with van der Waals surface area (Å²) in [4.78, 5) is 16.7. The summed E-state index contributed by atoms with van der Waals surface area (Å²) in [6.45, 7) is 3.20. The van der Waals surface area contributed by atoms with Gasteiger partial charge in [-0.25, -0.2) is 4.79 Å². The quantitative estimate of drug-likeness (QED) is 0.764.